The summed E-state index contributed by atoms with van der Waals surface area (Å²) in [6.45, 7) is 3.81. The van der Waals surface area contributed by atoms with Crippen molar-refractivity contribution >= 4 is 12.0 Å². The van der Waals surface area contributed by atoms with E-state index in [4.69, 9.17) is 14.6 Å². The molecule has 138 valence electrons. The van der Waals surface area contributed by atoms with E-state index in [0.29, 0.717) is 32.5 Å². The van der Waals surface area contributed by atoms with Crippen molar-refractivity contribution in [3.05, 3.63) is 24.3 Å². The fourth-order valence-corrected chi connectivity index (χ4v) is 2.94. The number of carboxylic acids is 1. The van der Waals surface area contributed by atoms with E-state index in [1.807, 2.05) is 31.2 Å². The van der Waals surface area contributed by atoms with Crippen LogP contribution >= 0.6 is 0 Å². The number of urea groups is 1. The van der Waals surface area contributed by atoms with Crippen molar-refractivity contribution in [2.45, 2.75) is 19.8 Å². The highest BCUT2D eigenvalue weighted by molar-refractivity contribution is 5.76. The molecule has 25 heavy (non-hydrogen) atoms. The average Bonchev–Trinajstić information content (AvgIpc) is 2.61. The maximum atomic E-state index is 12.2. The van der Waals surface area contributed by atoms with Crippen molar-refractivity contribution in [2.24, 2.45) is 11.8 Å². The van der Waals surface area contributed by atoms with E-state index in [1.54, 1.807) is 12.0 Å². The number of aliphatic carboxylic acids is 1. The van der Waals surface area contributed by atoms with Crippen LogP contribution in [0.2, 0.25) is 0 Å². The third-order valence-electron chi connectivity index (χ3n) is 4.22. The highest BCUT2D eigenvalue weighted by Crippen LogP contribution is 2.21. The predicted molar refractivity (Wildman–Crippen MR) is 93.0 cm³/mol. The minimum Gasteiger partial charge on any atom is -0.497 e. The van der Waals surface area contributed by atoms with Gasteiger partial charge >= 0.3 is 12.0 Å². The number of ether oxygens (including phenoxy) is 2. The zero-order valence-corrected chi connectivity index (χ0v) is 14.7. The number of hydrogen-bond acceptors (Lipinski definition) is 4. The number of hydrogen-bond donors (Lipinski definition) is 2. The van der Waals surface area contributed by atoms with Crippen LogP contribution in [0.1, 0.15) is 19.8 Å². The van der Waals surface area contributed by atoms with Crippen molar-refractivity contribution in [3.63, 3.8) is 0 Å². The molecule has 2 rings (SSSR count). The standard InChI is InChI=1S/C18H26N2O5/c1-13-10-14(17(21)22)12-20(11-13)18(23)19-8-3-9-25-16-6-4-15(24-2)5-7-16/h4-7,13-14H,3,8-12H2,1-2H3,(H,19,23)(H,21,22). The second kappa shape index (κ2) is 9.15. The lowest BCUT2D eigenvalue weighted by atomic mass is 9.91. The summed E-state index contributed by atoms with van der Waals surface area (Å²) in [7, 11) is 1.61. The Morgan fingerprint density at radius 2 is 1.92 bits per heavy atom. The number of carbonyl (C=O) groups excluding carboxylic acids is 1. The molecule has 1 heterocycles. The van der Waals surface area contributed by atoms with Gasteiger partial charge in [0.05, 0.1) is 19.6 Å². The van der Waals surface area contributed by atoms with Gasteiger partial charge in [-0.1, -0.05) is 6.92 Å². The summed E-state index contributed by atoms with van der Waals surface area (Å²) >= 11 is 0. The molecular formula is C18H26N2O5. The lowest BCUT2D eigenvalue weighted by Gasteiger charge is -2.34. The van der Waals surface area contributed by atoms with E-state index in [-0.39, 0.29) is 18.5 Å². The van der Waals surface area contributed by atoms with Crippen LogP contribution in [0.15, 0.2) is 24.3 Å². The third kappa shape index (κ3) is 5.85. The number of methoxy groups -OCH3 is 1. The maximum absolute atomic E-state index is 12.2. The summed E-state index contributed by atoms with van der Waals surface area (Å²) in [5, 5.41) is 12.0. The molecule has 2 amide bonds. The number of likely N-dealkylation sites (tertiary alicyclic amines) is 1. The summed E-state index contributed by atoms with van der Waals surface area (Å²) in [6, 6.07) is 7.11. The minimum absolute atomic E-state index is 0.194. The molecule has 0 spiro atoms. The van der Waals surface area contributed by atoms with Crippen molar-refractivity contribution < 1.29 is 24.2 Å². The van der Waals surface area contributed by atoms with E-state index in [0.717, 1.165) is 11.5 Å². The van der Waals surface area contributed by atoms with Gasteiger partial charge in [0.15, 0.2) is 0 Å². The fourth-order valence-electron chi connectivity index (χ4n) is 2.94. The summed E-state index contributed by atoms with van der Waals surface area (Å²) in [5.41, 5.74) is 0. The Hall–Kier alpha value is -2.44. The molecule has 2 unspecified atom stereocenters. The molecule has 0 aliphatic carbocycles. The topological polar surface area (TPSA) is 88.1 Å². The molecule has 1 saturated heterocycles. The van der Waals surface area contributed by atoms with E-state index >= 15 is 0 Å². The second-order valence-corrected chi connectivity index (χ2v) is 6.39. The summed E-state index contributed by atoms with van der Waals surface area (Å²) in [5.74, 6) is 0.403. The Morgan fingerprint density at radius 3 is 2.56 bits per heavy atom. The molecule has 2 N–H and O–H groups in total. The van der Waals surface area contributed by atoms with Gasteiger partial charge in [-0.25, -0.2) is 4.79 Å². The third-order valence-corrected chi connectivity index (χ3v) is 4.22. The lowest BCUT2D eigenvalue weighted by molar-refractivity contribution is -0.143. The van der Waals surface area contributed by atoms with Crippen molar-refractivity contribution in [2.75, 3.05) is 33.4 Å². The van der Waals surface area contributed by atoms with Crippen LogP contribution in [0.3, 0.4) is 0 Å². The van der Waals surface area contributed by atoms with Gasteiger partial charge in [0.1, 0.15) is 11.5 Å². The zero-order valence-electron chi connectivity index (χ0n) is 14.7. The Morgan fingerprint density at radius 1 is 1.24 bits per heavy atom. The number of benzene rings is 1. The SMILES string of the molecule is COc1ccc(OCCCNC(=O)N2CC(C)CC(C(=O)O)C2)cc1. The summed E-state index contributed by atoms with van der Waals surface area (Å²) < 4.78 is 10.7. The minimum atomic E-state index is -0.836. The van der Waals surface area contributed by atoms with Crippen molar-refractivity contribution in [3.8, 4) is 11.5 Å². The van der Waals surface area contributed by atoms with Gasteiger partial charge in [0, 0.05) is 19.6 Å². The molecule has 0 bridgehead atoms. The number of carbonyl (C=O) groups is 2. The molecule has 0 radical (unpaired) electrons. The molecule has 0 saturated carbocycles. The molecule has 1 aromatic rings. The molecule has 1 fully saturated rings. The number of nitrogens with one attached hydrogen (secondary N) is 1. The van der Waals surface area contributed by atoms with Gasteiger partial charge in [-0.2, -0.15) is 0 Å². The van der Waals surface area contributed by atoms with Gasteiger partial charge in [-0.3, -0.25) is 4.79 Å². The van der Waals surface area contributed by atoms with Gasteiger partial charge in [-0.05, 0) is 43.0 Å². The quantitative estimate of drug-likeness (QED) is 0.736. The highest BCUT2D eigenvalue weighted by Gasteiger charge is 2.31. The van der Waals surface area contributed by atoms with E-state index < -0.39 is 11.9 Å². The molecule has 7 nitrogen and oxygen atoms in total. The fraction of sp³-hybridized carbons (Fsp3) is 0.556. The first kappa shape index (κ1) is 18.9. The second-order valence-electron chi connectivity index (χ2n) is 6.39. The van der Waals surface area contributed by atoms with E-state index in [2.05, 4.69) is 5.32 Å². The first-order valence-corrected chi connectivity index (χ1v) is 8.52. The lowest BCUT2D eigenvalue weighted by Crippen LogP contribution is -2.49. The molecule has 1 aliphatic rings. The van der Waals surface area contributed by atoms with Crippen LogP contribution in [-0.2, 0) is 4.79 Å². The van der Waals surface area contributed by atoms with Crippen molar-refractivity contribution in [1.82, 2.24) is 10.2 Å². The van der Waals surface area contributed by atoms with Gasteiger partial charge in [0.25, 0.3) is 0 Å². The molecule has 1 aliphatic heterocycles. The first-order chi connectivity index (χ1) is 12.0. The normalized spacial score (nSPS) is 20.0. The van der Waals surface area contributed by atoms with Gasteiger partial charge in [-0.15, -0.1) is 0 Å². The smallest absolute Gasteiger partial charge is 0.317 e. The van der Waals surface area contributed by atoms with Crippen LogP contribution in [0.4, 0.5) is 4.79 Å². The van der Waals surface area contributed by atoms with Crippen molar-refractivity contribution in [1.29, 1.82) is 0 Å². The van der Waals surface area contributed by atoms with Crippen LogP contribution in [0.25, 0.3) is 0 Å². The Balaban J connectivity index is 1.66. The summed E-state index contributed by atoms with van der Waals surface area (Å²) in [6.07, 6.45) is 1.29. The Kier molecular flexibility index (Phi) is 6.91. The number of carboxylic acid groups (broad SMARTS) is 1. The first-order valence-electron chi connectivity index (χ1n) is 8.52. The Labute approximate surface area is 147 Å². The van der Waals surface area contributed by atoms with E-state index in [1.165, 1.54) is 0 Å². The number of rotatable bonds is 7. The summed E-state index contributed by atoms with van der Waals surface area (Å²) in [4.78, 5) is 24.9. The predicted octanol–water partition coefficient (Wildman–Crippen LogP) is 2.22. The zero-order chi connectivity index (χ0) is 18.2. The average molecular weight is 350 g/mol. The van der Waals surface area contributed by atoms with Gasteiger partial charge < -0.3 is 24.8 Å². The largest absolute Gasteiger partial charge is 0.497 e. The number of amides is 2. The van der Waals surface area contributed by atoms with E-state index in [9.17, 15) is 9.59 Å². The monoisotopic (exact) mass is 350 g/mol. The molecular weight excluding hydrogens is 324 g/mol. The van der Waals surface area contributed by atoms with Crippen LogP contribution in [-0.4, -0.2) is 55.4 Å². The maximum Gasteiger partial charge on any atom is 0.317 e. The number of piperidine rings is 1. The van der Waals surface area contributed by atoms with Gasteiger partial charge in [0.2, 0.25) is 0 Å². The molecule has 0 aromatic heterocycles. The Bertz CT molecular complexity index is 575. The molecule has 1 aromatic carbocycles. The van der Waals surface area contributed by atoms with Crippen LogP contribution in [0, 0.1) is 11.8 Å². The van der Waals surface area contributed by atoms with Crippen LogP contribution < -0.4 is 14.8 Å². The highest BCUT2D eigenvalue weighted by atomic mass is 16.5. The van der Waals surface area contributed by atoms with Crippen LogP contribution in [0.5, 0.6) is 11.5 Å². The molecule has 2 atom stereocenters. The number of nitrogens with zero attached hydrogens (tertiary/aromatic N) is 1. The molecule has 7 heteroatoms.